The van der Waals surface area contributed by atoms with Gasteiger partial charge in [-0.2, -0.15) is 5.10 Å². The van der Waals surface area contributed by atoms with Crippen LogP contribution < -0.4 is 10.2 Å². The van der Waals surface area contributed by atoms with E-state index in [9.17, 15) is 4.79 Å². The summed E-state index contributed by atoms with van der Waals surface area (Å²) in [5, 5.41) is 13.9. The molecule has 0 unspecified atom stereocenters. The third kappa shape index (κ3) is 6.54. The van der Waals surface area contributed by atoms with Crippen LogP contribution in [0.4, 0.5) is 0 Å². The second-order valence-electron chi connectivity index (χ2n) is 8.28. The van der Waals surface area contributed by atoms with E-state index in [1.807, 2.05) is 72.2 Å². The number of aryl methyl sites for hydroxylation is 1. The summed E-state index contributed by atoms with van der Waals surface area (Å²) in [5.41, 5.74) is 6.13. The Labute approximate surface area is 233 Å². The molecule has 0 radical (unpaired) electrons. The molecular formula is C28H23ClN6O3S. The van der Waals surface area contributed by atoms with Gasteiger partial charge in [-0.1, -0.05) is 53.7 Å². The Morgan fingerprint density at radius 3 is 2.77 bits per heavy atom. The van der Waals surface area contributed by atoms with Gasteiger partial charge in [0.15, 0.2) is 16.7 Å². The van der Waals surface area contributed by atoms with Gasteiger partial charge in [-0.3, -0.25) is 14.3 Å². The largest absolute Gasteiger partial charge is 0.460 e. The molecule has 1 N–H and O–H groups in total. The highest BCUT2D eigenvalue weighted by Crippen LogP contribution is 2.27. The molecule has 196 valence electrons. The van der Waals surface area contributed by atoms with Crippen molar-refractivity contribution < 1.29 is 13.9 Å². The summed E-state index contributed by atoms with van der Waals surface area (Å²) in [6, 6.07) is 22.5. The summed E-state index contributed by atoms with van der Waals surface area (Å²) in [7, 11) is 0. The zero-order valence-corrected chi connectivity index (χ0v) is 22.4. The molecule has 9 nitrogen and oxygen atoms in total. The van der Waals surface area contributed by atoms with Crippen molar-refractivity contribution in [3.63, 3.8) is 0 Å². The topological polar surface area (TPSA) is 107 Å². The van der Waals surface area contributed by atoms with Crippen LogP contribution in [-0.4, -0.2) is 37.6 Å². The summed E-state index contributed by atoms with van der Waals surface area (Å²) in [5.74, 6) is 1.16. The second-order valence-corrected chi connectivity index (χ2v) is 9.63. The number of halogens is 1. The number of thioether (sulfide) groups is 1. The summed E-state index contributed by atoms with van der Waals surface area (Å²) in [6.45, 7) is 2.25. The summed E-state index contributed by atoms with van der Waals surface area (Å²) >= 11 is 7.50. The van der Waals surface area contributed by atoms with Gasteiger partial charge in [0.25, 0.3) is 11.9 Å². The van der Waals surface area contributed by atoms with Crippen molar-refractivity contribution in [3.8, 4) is 23.0 Å². The Morgan fingerprint density at radius 1 is 1.10 bits per heavy atom. The van der Waals surface area contributed by atoms with Gasteiger partial charge >= 0.3 is 0 Å². The molecule has 0 fully saturated rings. The molecule has 0 aliphatic heterocycles. The lowest BCUT2D eigenvalue weighted by molar-refractivity contribution is -0.118. The van der Waals surface area contributed by atoms with E-state index in [1.54, 1.807) is 24.5 Å². The van der Waals surface area contributed by atoms with Crippen LogP contribution in [-0.2, 0) is 11.4 Å². The molecule has 39 heavy (non-hydrogen) atoms. The number of furan rings is 1. The lowest BCUT2D eigenvalue weighted by Crippen LogP contribution is -2.19. The lowest BCUT2D eigenvalue weighted by Gasteiger charge is -2.09. The lowest BCUT2D eigenvalue weighted by atomic mass is 10.1. The van der Waals surface area contributed by atoms with Crippen LogP contribution in [0.15, 0.2) is 99.9 Å². The molecule has 3 aromatic heterocycles. The number of para-hydroxylation sites is 1. The van der Waals surface area contributed by atoms with Gasteiger partial charge in [0.1, 0.15) is 6.61 Å². The fraction of sp³-hybridized carbons (Fsp3) is 0.107. The number of benzene rings is 2. The standard InChI is InChI=1S/C28H23ClN6O3S/c1-19-7-5-11-24(29)23(19)17-37-26-13-12-22(38-26)16-31-32-25(36)18-39-28-34-33-27(20-8-6-14-30-15-20)35(28)21-9-3-2-4-10-21/h2-16H,17-18H2,1H3,(H,32,36)/b31-16-. The minimum absolute atomic E-state index is 0.0824. The van der Waals surface area contributed by atoms with E-state index in [2.05, 4.69) is 25.7 Å². The van der Waals surface area contributed by atoms with Crippen molar-refractivity contribution >= 4 is 35.5 Å². The molecule has 0 aliphatic rings. The van der Waals surface area contributed by atoms with E-state index in [0.717, 1.165) is 22.4 Å². The van der Waals surface area contributed by atoms with E-state index < -0.39 is 0 Å². The molecule has 2 aromatic carbocycles. The van der Waals surface area contributed by atoms with Crippen molar-refractivity contribution in [1.29, 1.82) is 0 Å². The van der Waals surface area contributed by atoms with Gasteiger partial charge in [-0.15, -0.1) is 10.2 Å². The van der Waals surface area contributed by atoms with Gasteiger partial charge in [0.05, 0.1) is 12.0 Å². The third-order valence-electron chi connectivity index (χ3n) is 5.59. The highest BCUT2D eigenvalue weighted by molar-refractivity contribution is 7.99. The van der Waals surface area contributed by atoms with Crippen LogP contribution >= 0.6 is 23.4 Å². The summed E-state index contributed by atoms with van der Waals surface area (Å²) in [6.07, 6.45) is 4.83. The summed E-state index contributed by atoms with van der Waals surface area (Å²) in [4.78, 5) is 16.7. The number of nitrogens with zero attached hydrogens (tertiary/aromatic N) is 5. The fourth-order valence-corrected chi connectivity index (χ4v) is 4.68. The molecule has 1 amide bonds. The van der Waals surface area contributed by atoms with Crippen molar-refractivity contribution in [3.05, 3.63) is 107 Å². The molecule has 5 rings (SSSR count). The number of hydrazone groups is 1. The molecule has 0 atom stereocenters. The second kappa shape index (κ2) is 12.4. The SMILES string of the molecule is Cc1cccc(Cl)c1COc1ccc(/C=N\NC(=O)CSc2nnc(-c3cccnc3)n2-c2ccccc2)o1. The van der Waals surface area contributed by atoms with Gasteiger partial charge in [0, 0.05) is 40.3 Å². The number of carbonyl (C=O) groups is 1. The average molecular weight is 559 g/mol. The van der Waals surface area contributed by atoms with Crippen molar-refractivity contribution in [2.24, 2.45) is 5.10 Å². The molecule has 5 aromatic rings. The molecule has 0 aliphatic carbocycles. The minimum Gasteiger partial charge on any atom is -0.460 e. The van der Waals surface area contributed by atoms with Crippen molar-refractivity contribution in [1.82, 2.24) is 25.2 Å². The number of pyridine rings is 1. The van der Waals surface area contributed by atoms with E-state index in [1.165, 1.54) is 18.0 Å². The normalized spacial score (nSPS) is 11.1. The molecule has 0 spiro atoms. The number of ether oxygens (including phenoxy) is 1. The van der Waals surface area contributed by atoms with Crippen LogP contribution in [0.2, 0.25) is 5.02 Å². The summed E-state index contributed by atoms with van der Waals surface area (Å²) < 4.78 is 13.2. The van der Waals surface area contributed by atoms with E-state index in [4.69, 9.17) is 20.8 Å². The maximum absolute atomic E-state index is 12.5. The number of amides is 1. The van der Waals surface area contributed by atoms with Crippen LogP contribution in [0, 0.1) is 6.92 Å². The van der Waals surface area contributed by atoms with Crippen molar-refractivity contribution in [2.45, 2.75) is 18.7 Å². The first-order valence-corrected chi connectivity index (χ1v) is 13.3. The molecular weight excluding hydrogens is 536 g/mol. The van der Waals surface area contributed by atoms with Gasteiger partial charge in [-0.25, -0.2) is 5.43 Å². The van der Waals surface area contributed by atoms with E-state index in [0.29, 0.717) is 27.7 Å². The zero-order valence-electron chi connectivity index (χ0n) is 20.8. The number of carbonyl (C=O) groups excluding carboxylic acids is 1. The van der Waals surface area contributed by atoms with E-state index in [-0.39, 0.29) is 18.3 Å². The Balaban J connectivity index is 1.18. The number of rotatable bonds is 10. The molecule has 0 saturated heterocycles. The van der Waals surface area contributed by atoms with Crippen molar-refractivity contribution in [2.75, 3.05) is 5.75 Å². The maximum atomic E-state index is 12.5. The predicted octanol–water partition coefficient (Wildman–Crippen LogP) is 5.71. The quantitative estimate of drug-likeness (QED) is 0.133. The van der Waals surface area contributed by atoms with Crippen LogP contribution in [0.25, 0.3) is 17.1 Å². The zero-order chi connectivity index (χ0) is 27.0. The number of hydrogen-bond acceptors (Lipinski definition) is 8. The Bertz CT molecular complexity index is 1570. The van der Waals surface area contributed by atoms with Crippen LogP contribution in [0.5, 0.6) is 5.95 Å². The number of hydrogen-bond donors (Lipinski definition) is 1. The predicted molar refractivity (Wildman–Crippen MR) is 150 cm³/mol. The number of nitrogens with one attached hydrogen (secondary N) is 1. The van der Waals surface area contributed by atoms with Gasteiger partial charge in [-0.05, 0) is 48.9 Å². The monoisotopic (exact) mass is 558 g/mol. The van der Waals surface area contributed by atoms with Gasteiger partial charge < -0.3 is 9.15 Å². The third-order valence-corrected chi connectivity index (χ3v) is 6.88. The highest BCUT2D eigenvalue weighted by Gasteiger charge is 2.17. The van der Waals surface area contributed by atoms with E-state index >= 15 is 0 Å². The van der Waals surface area contributed by atoms with Crippen LogP contribution in [0.1, 0.15) is 16.9 Å². The molecule has 11 heteroatoms. The smallest absolute Gasteiger partial charge is 0.285 e. The Morgan fingerprint density at radius 2 is 1.97 bits per heavy atom. The first-order valence-electron chi connectivity index (χ1n) is 11.9. The highest BCUT2D eigenvalue weighted by atomic mass is 35.5. The minimum atomic E-state index is -0.306. The average Bonchev–Trinajstić information content (AvgIpc) is 3.60. The molecule has 0 bridgehead atoms. The molecule has 3 heterocycles. The fourth-order valence-electron chi connectivity index (χ4n) is 3.66. The molecule has 0 saturated carbocycles. The van der Waals surface area contributed by atoms with Gasteiger partial charge in [0.2, 0.25) is 0 Å². The first-order chi connectivity index (χ1) is 19.1. The van der Waals surface area contributed by atoms with Crippen LogP contribution in [0.3, 0.4) is 0 Å². The number of aromatic nitrogens is 4. The Hall–Kier alpha value is -4.41. The Kier molecular flexibility index (Phi) is 8.35. The first kappa shape index (κ1) is 26.2. The maximum Gasteiger partial charge on any atom is 0.285 e.